The molecule has 30 heteroatoms. The van der Waals surface area contributed by atoms with E-state index in [0.29, 0.717) is 16.5 Å². The van der Waals surface area contributed by atoms with Crippen LogP contribution in [0.3, 0.4) is 0 Å². The molecule has 0 fully saturated rings. The highest BCUT2D eigenvalue weighted by Gasteiger charge is 2.34. The second-order valence-electron chi connectivity index (χ2n) is 17.4. The van der Waals surface area contributed by atoms with Gasteiger partial charge in [-0.05, 0) is 44.0 Å². The first-order valence-electron chi connectivity index (χ1n) is 23.1. The molecule has 10 N–H and O–H groups in total. The van der Waals surface area contributed by atoms with Gasteiger partial charge in [-0.15, -0.1) is 56.7 Å². The summed E-state index contributed by atoms with van der Waals surface area (Å²) in [5.74, 6) is -5.77. The zero-order chi connectivity index (χ0) is 55.3. The minimum atomic E-state index is -1.87. The Labute approximate surface area is 463 Å². The van der Waals surface area contributed by atoms with E-state index in [1.54, 1.807) is 37.4 Å². The number of carbonyl (C=O) groups excluding carboxylic acids is 7. The van der Waals surface area contributed by atoms with Crippen LogP contribution in [0.1, 0.15) is 111 Å². The number of primary amides is 1. The number of hydrogen-bond acceptors (Lipinski definition) is 24. The summed E-state index contributed by atoms with van der Waals surface area (Å²) >= 11 is 5.66. The van der Waals surface area contributed by atoms with Crippen molar-refractivity contribution in [3.63, 3.8) is 0 Å². The molecule has 12 bridgehead atoms. The lowest BCUT2D eigenvalue weighted by molar-refractivity contribution is -0.155. The highest BCUT2D eigenvalue weighted by Crippen LogP contribution is 2.42. The van der Waals surface area contributed by atoms with E-state index in [1.165, 1.54) is 40.6 Å². The van der Waals surface area contributed by atoms with Crippen molar-refractivity contribution < 1.29 is 58.8 Å². The Morgan fingerprint density at radius 1 is 0.808 bits per heavy atom. The van der Waals surface area contributed by atoms with Gasteiger partial charge < -0.3 is 52.3 Å². The first-order chi connectivity index (χ1) is 37.4. The number of aryl methyl sites for hydroxylation is 1. The second kappa shape index (κ2) is 21.9. The first kappa shape index (κ1) is 53.6. The maximum atomic E-state index is 14.4. The van der Waals surface area contributed by atoms with Crippen molar-refractivity contribution >= 4 is 126 Å². The van der Waals surface area contributed by atoms with Gasteiger partial charge in [-0.2, -0.15) is 4.73 Å². The fraction of sp³-hybridized carbons (Fsp3) is 0.229. The number of aromatic nitrogens is 7. The summed E-state index contributed by atoms with van der Waals surface area (Å²) in [5.41, 5.74) is 6.20. The van der Waals surface area contributed by atoms with E-state index in [1.807, 2.05) is 0 Å². The van der Waals surface area contributed by atoms with Gasteiger partial charge in [0.25, 0.3) is 23.6 Å². The number of thiazole rings is 5. The number of aliphatic hydroxyl groups is 2. The number of hydrogen-bond donors (Lipinski definition) is 9. The number of ether oxygens (including phenoxy) is 1. The fourth-order valence-electron chi connectivity index (χ4n) is 8.31. The molecule has 0 unspecified atom stereocenters. The minimum Gasteiger partial charge on any atom is -0.506 e. The second-order valence-corrected chi connectivity index (χ2v) is 22.7. The number of nitrogens with one attached hydrogen (secondary N) is 4. The molecular formula is C48H40N12O12S6. The lowest BCUT2D eigenvalue weighted by atomic mass is 10.1. The summed E-state index contributed by atoms with van der Waals surface area (Å²) in [5, 5.41) is 63.7. The van der Waals surface area contributed by atoms with Crippen molar-refractivity contribution in [2.24, 2.45) is 5.73 Å². The Kier molecular flexibility index (Phi) is 15.0. The van der Waals surface area contributed by atoms with Crippen LogP contribution in [0.4, 0.5) is 0 Å². The number of allylic oxidation sites excluding steroid dienone is 1. The Hall–Kier alpha value is -7.84. The zero-order valence-electron chi connectivity index (χ0n) is 40.5. The van der Waals surface area contributed by atoms with E-state index in [9.17, 15) is 54.1 Å². The highest BCUT2D eigenvalue weighted by atomic mass is 32.2. The average molecular weight is 1170 g/mol. The summed E-state index contributed by atoms with van der Waals surface area (Å²) in [4.78, 5) is 124. The normalized spacial score (nSPS) is 19.7. The monoisotopic (exact) mass is 1170 g/mol. The molecule has 0 spiro atoms. The minimum absolute atomic E-state index is 0.0770. The zero-order valence-corrected chi connectivity index (χ0v) is 45.4. The number of rotatable bonds is 3. The quantitative estimate of drug-likeness (QED) is 0.0833. The summed E-state index contributed by atoms with van der Waals surface area (Å²) in [6, 6.07) is 2.23. The van der Waals surface area contributed by atoms with E-state index in [4.69, 9.17) is 20.4 Å². The molecule has 0 saturated heterocycles. The molecular weight excluding hydrogens is 1130 g/mol. The van der Waals surface area contributed by atoms with E-state index < -0.39 is 83.1 Å². The average Bonchev–Trinajstić information content (AvgIpc) is 4.45. The Bertz CT molecular complexity index is 3800. The number of amides is 5. The number of aliphatic hydroxyl groups excluding tert-OH is 2. The number of pyridine rings is 1. The van der Waals surface area contributed by atoms with Gasteiger partial charge in [-0.1, -0.05) is 30.0 Å². The highest BCUT2D eigenvalue weighted by molar-refractivity contribution is 8.14. The predicted molar refractivity (Wildman–Crippen MR) is 288 cm³/mol. The van der Waals surface area contributed by atoms with Crippen LogP contribution in [-0.2, 0) is 20.9 Å². The molecule has 5 atom stereocenters. The van der Waals surface area contributed by atoms with Gasteiger partial charge >= 0.3 is 5.97 Å². The van der Waals surface area contributed by atoms with E-state index >= 15 is 0 Å². The van der Waals surface area contributed by atoms with Crippen LogP contribution < -0.4 is 27.0 Å². The van der Waals surface area contributed by atoms with Crippen molar-refractivity contribution in [2.75, 3.05) is 5.75 Å². The molecule has 2 aliphatic rings. The molecule has 10 rings (SSSR count). The number of nitrogens with zero attached hydrogens (tertiary/aromatic N) is 7. The summed E-state index contributed by atoms with van der Waals surface area (Å²) in [6.07, 6.45) is -2.33. The SMILES string of the molecule is C/C=C1\NC(=O)[C@H]([C@@H](C)O)NC(=O)c2csc(n2)-c2cc(O)c(-c3nc(C(N)=O)cs3)nc2-c2csc(n2)[C@@H]2CSC(=O)c3c(C)c4c(cccc4n3O)COC(=O)[C@@H](O)C[C@H](NC(=O)c3csc1n3)c1nc(cs1)C(=O)N2. The molecule has 8 aromatic rings. The van der Waals surface area contributed by atoms with Crippen LogP contribution in [0.25, 0.3) is 49.3 Å². The number of fused-ring (bicyclic) bond motifs is 13. The molecule has 9 heterocycles. The maximum absolute atomic E-state index is 14.4. The summed E-state index contributed by atoms with van der Waals surface area (Å²) in [6.45, 7) is 4.10. The summed E-state index contributed by atoms with van der Waals surface area (Å²) in [7, 11) is 0. The Morgan fingerprint density at radius 2 is 1.44 bits per heavy atom. The standard InChI is InChI=1S/C48H40N12O12S6/c1-4-21-43-56-25(14-75-43)38(65)51-22-9-31(63)47(69)72-10-19-6-5-7-29-32(19)17(2)36(60(29)71)48(70)78-16-28(52-39(66)26-15-76-44(22)57-26)45-53-23(11-74-45)34-20(8-30(62)35(58-34)46-54-24(12-77-46)37(49)64)42-55-27(13-73-42)40(67)59-33(18(3)61)41(68)50-21/h4-8,11-15,18,22,28,31,33,61-63,71H,9-10,16H2,1-3H3,(H2,49,64)(H,50,68)(H,51,65)(H,52,66)(H,59,67)/b21-4-/t18-,22+,28+,31+,33+/m1/s1. The van der Waals surface area contributed by atoms with Crippen LogP contribution in [0.15, 0.2) is 57.2 Å². The molecule has 1 aromatic carbocycles. The van der Waals surface area contributed by atoms with E-state index in [0.717, 1.165) is 73.2 Å². The Balaban J connectivity index is 1.13. The molecule has 0 aliphatic carbocycles. The topological polar surface area (TPSA) is 366 Å². The summed E-state index contributed by atoms with van der Waals surface area (Å²) < 4.78 is 6.31. The number of nitrogens with two attached hydrogens (primary N) is 1. The van der Waals surface area contributed by atoms with Crippen LogP contribution in [0.5, 0.6) is 5.75 Å². The molecule has 78 heavy (non-hydrogen) atoms. The van der Waals surface area contributed by atoms with Crippen LogP contribution >= 0.6 is 68.4 Å². The maximum Gasteiger partial charge on any atom is 0.335 e. The molecule has 7 aromatic heterocycles. The number of aromatic hydroxyl groups is 1. The van der Waals surface area contributed by atoms with Crippen LogP contribution in [0, 0.1) is 6.92 Å². The number of carbonyl (C=O) groups is 7. The van der Waals surface area contributed by atoms with Gasteiger partial charge in [-0.25, -0.2) is 34.7 Å². The van der Waals surface area contributed by atoms with Crippen molar-refractivity contribution in [3.8, 4) is 38.4 Å². The van der Waals surface area contributed by atoms with Gasteiger partial charge in [0.15, 0.2) is 6.10 Å². The molecule has 400 valence electrons. The smallest absolute Gasteiger partial charge is 0.335 e. The van der Waals surface area contributed by atoms with Gasteiger partial charge in [-0.3, -0.25) is 28.8 Å². The molecule has 0 saturated carbocycles. The van der Waals surface area contributed by atoms with Gasteiger partial charge in [0.05, 0.1) is 29.4 Å². The van der Waals surface area contributed by atoms with Crippen LogP contribution in [-0.4, -0.2) is 120 Å². The van der Waals surface area contributed by atoms with Gasteiger partial charge in [0.2, 0.25) is 11.0 Å². The third-order valence-electron chi connectivity index (χ3n) is 12.2. The van der Waals surface area contributed by atoms with E-state index in [2.05, 4.69) is 41.2 Å². The van der Waals surface area contributed by atoms with Gasteiger partial charge in [0, 0.05) is 50.0 Å². The molecule has 0 radical (unpaired) electrons. The number of esters is 1. The molecule has 24 nitrogen and oxygen atoms in total. The lowest BCUT2D eigenvalue weighted by Crippen LogP contribution is -2.52. The van der Waals surface area contributed by atoms with E-state index in [-0.39, 0.29) is 99.7 Å². The third-order valence-corrected chi connectivity index (χ3v) is 17.7. The largest absolute Gasteiger partial charge is 0.506 e. The molecule has 5 amide bonds. The van der Waals surface area contributed by atoms with Gasteiger partial charge in [0.1, 0.15) is 89.0 Å². The number of thioether (sulfide) groups is 1. The first-order valence-corrected chi connectivity index (χ1v) is 28.5. The van der Waals surface area contributed by atoms with Crippen molar-refractivity contribution in [1.82, 2.24) is 55.9 Å². The number of cyclic esters (lactones) is 1. The molecule has 2 aliphatic heterocycles. The van der Waals surface area contributed by atoms with Crippen LogP contribution in [0.2, 0.25) is 0 Å². The van der Waals surface area contributed by atoms with Crippen molar-refractivity contribution in [3.05, 3.63) is 112 Å². The third kappa shape index (κ3) is 10.5. The fourth-order valence-corrected chi connectivity index (χ4v) is 13.5. The van der Waals surface area contributed by atoms with Crippen molar-refractivity contribution in [2.45, 2.75) is 64.1 Å². The lowest BCUT2D eigenvalue weighted by Gasteiger charge is -2.21. The Morgan fingerprint density at radius 3 is 2.14 bits per heavy atom. The van der Waals surface area contributed by atoms with Crippen molar-refractivity contribution in [1.29, 1.82) is 0 Å². The predicted octanol–water partition coefficient (Wildman–Crippen LogP) is 4.96. The number of benzene rings is 1.